The maximum atomic E-state index is 11.2. The predicted octanol–water partition coefficient (Wildman–Crippen LogP) is 5.28. The summed E-state index contributed by atoms with van der Waals surface area (Å²) in [5.41, 5.74) is 4.73. The summed E-state index contributed by atoms with van der Waals surface area (Å²) in [7, 11) is 0. The number of rotatable bonds is 5. The van der Waals surface area contributed by atoms with Crippen LogP contribution < -0.4 is 0 Å². The summed E-state index contributed by atoms with van der Waals surface area (Å²) in [5, 5.41) is 11.2. The first-order chi connectivity index (χ1) is 12.5. The number of benzene rings is 1. The number of hydrogen-bond donors (Lipinski definition) is 1. The van der Waals surface area contributed by atoms with Crippen molar-refractivity contribution in [3.63, 3.8) is 0 Å². The smallest absolute Gasteiger partial charge is 0.0625 e. The zero-order valence-electron chi connectivity index (χ0n) is 16.2. The number of aryl methyl sites for hydroxylation is 2. The van der Waals surface area contributed by atoms with Crippen molar-refractivity contribution < 1.29 is 9.84 Å². The van der Waals surface area contributed by atoms with E-state index in [0.717, 1.165) is 35.9 Å². The van der Waals surface area contributed by atoms with E-state index in [9.17, 15) is 5.11 Å². The van der Waals surface area contributed by atoms with E-state index in [-0.39, 0.29) is 11.5 Å². The zero-order chi connectivity index (χ0) is 18.3. The monoisotopic (exact) mass is 468 g/mol. The lowest BCUT2D eigenvalue weighted by Crippen LogP contribution is -2.44. The minimum Gasteiger partial charge on any atom is -0.392 e. The minimum absolute atomic E-state index is 0.122. The third kappa shape index (κ3) is 3.26. The second kappa shape index (κ2) is 7.71. The maximum Gasteiger partial charge on any atom is 0.0625 e. The molecule has 1 N–H and O–H groups in total. The summed E-state index contributed by atoms with van der Waals surface area (Å²) in [4.78, 5) is 0. The van der Waals surface area contributed by atoms with Crippen molar-refractivity contribution in [2.45, 2.75) is 64.4 Å². The van der Waals surface area contributed by atoms with Crippen LogP contribution in [0.1, 0.15) is 61.6 Å². The second-order valence-electron chi connectivity index (χ2n) is 9.19. The van der Waals surface area contributed by atoms with Gasteiger partial charge in [-0.05, 0) is 85.7 Å². The molecule has 2 nitrogen and oxygen atoms in total. The van der Waals surface area contributed by atoms with Gasteiger partial charge in [0.15, 0.2) is 0 Å². The van der Waals surface area contributed by atoms with Gasteiger partial charge in [-0.1, -0.05) is 53.3 Å². The predicted molar refractivity (Wildman–Crippen MR) is 115 cm³/mol. The molecule has 144 valence electrons. The quantitative estimate of drug-likeness (QED) is 0.362. The lowest BCUT2D eigenvalue weighted by atomic mass is 9.55. The molecular weight excluding hydrogens is 435 g/mol. The molecule has 0 amide bonds. The highest BCUT2D eigenvalue weighted by atomic mass is 127. The molecule has 3 heteroatoms. The molecule has 3 aliphatic rings. The summed E-state index contributed by atoms with van der Waals surface area (Å²) in [5.74, 6) is 2.59. The maximum absolute atomic E-state index is 11.2. The van der Waals surface area contributed by atoms with Crippen molar-refractivity contribution in [1.82, 2.24) is 0 Å². The highest BCUT2D eigenvalue weighted by Crippen LogP contribution is 2.62. The lowest BCUT2D eigenvalue weighted by molar-refractivity contribution is -0.0356. The molecule has 1 aromatic rings. The second-order valence-corrected chi connectivity index (χ2v) is 10.3. The van der Waals surface area contributed by atoms with E-state index >= 15 is 0 Å². The van der Waals surface area contributed by atoms with E-state index in [1.54, 1.807) is 11.1 Å². The normalized spacial score (nSPS) is 38.5. The van der Waals surface area contributed by atoms with E-state index in [4.69, 9.17) is 4.74 Å². The summed E-state index contributed by atoms with van der Waals surface area (Å²) in [6, 6.07) is 7.12. The van der Waals surface area contributed by atoms with Gasteiger partial charge in [0.2, 0.25) is 0 Å². The van der Waals surface area contributed by atoms with Crippen LogP contribution in [0.2, 0.25) is 0 Å². The van der Waals surface area contributed by atoms with Crippen molar-refractivity contribution >= 4 is 22.6 Å². The Morgan fingerprint density at radius 2 is 2.12 bits per heavy atom. The third-order valence-corrected chi connectivity index (χ3v) is 8.29. The fourth-order valence-electron chi connectivity index (χ4n) is 6.53. The van der Waals surface area contributed by atoms with Crippen LogP contribution in [0, 0.1) is 30.1 Å². The van der Waals surface area contributed by atoms with Gasteiger partial charge in [-0.2, -0.15) is 0 Å². The van der Waals surface area contributed by atoms with Crippen molar-refractivity contribution in [3.8, 4) is 0 Å². The Bertz CT molecular complexity index is 645. The van der Waals surface area contributed by atoms with Gasteiger partial charge in [0.25, 0.3) is 0 Å². The third-order valence-electron chi connectivity index (χ3n) is 7.85. The summed E-state index contributed by atoms with van der Waals surface area (Å²) in [6.07, 6.45) is 7.05. The molecule has 0 aromatic heterocycles. The average Bonchev–Trinajstić information content (AvgIpc) is 2.89. The molecule has 6 atom stereocenters. The van der Waals surface area contributed by atoms with Crippen LogP contribution in [-0.4, -0.2) is 28.9 Å². The molecule has 2 saturated carbocycles. The Hall–Kier alpha value is -0.130. The Balaban J connectivity index is 1.51. The van der Waals surface area contributed by atoms with Crippen LogP contribution in [0.3, 0.4) is 0 Å². The molecule has 0 saturated heterocycles. The molecule has 0 heterocycles. The van der Waals surface area contributed by atoms with Crippen LogP contribution >= 0.6 is 22.6 Å². The van der Waals surface area contributed by atoms with Crippen molar-refractivity contribution in [3.05, 3.63) is 34.9 Å². The molecule has 4 unspecified atom stereocenters. The Morgan fingerprint density at radius 1 is 1.27 bits per heavy atom. The molecule has 0 bridgehead atoms. The molecule has 26 heavy (non-hydrogen) atoms. The number of alkyl halides is 1. The van der Waals surface area contributed by atoms with Crippen LogP contribution in [0.15, 0.2) is 18.2 Å². The number of halogens is 1. The highest BCUT2D eigenvalue weighted by Gasteiger charge is 2.57. The number of aliphatic hydroxyl groups is 1. The van der Waals surface area contributed by atoms with E-state index in [2.05, 4.69) is 54.6 Å². The first-order valence-corrected chi connectivity index (χ1v) is 12.0. The first-order valence-electron chi connectivity index (χ1n) is 10.5. The van der Waals surface area contributed by atoms with Gasteiger partial charge in [0, 0.05) is 11.0 Å². The van der Waals surface area contributed by atoms with Gasteiger partial charge in [-0.25, -0.2) is 0 Å². The topological polar surface area (TPSA) is 29.5 Å². The van der Waals surface area contributed by atoms with E-state index < -0.39 is 0 Å². The van der Waals surface area contributed by atoms with E-state index in [1.807, 2.05) is 0 Å². The van der Waals surface area contributed by atoms with Gasteiger partial charge in [-0.15, -0.1) is 0 Å². The van der Waals surface area contributed by atoms with E-state index in [0.29, 0.717) is 11.8 Å². The Morgan fingerprint density at radius 3 is 2.92 bits per heavy atom. The molecule has 4 rings (SSSR count). The molecule has 0 radical (unpaired) electrons. The lowest BCUT2D eigenvalue weighted by Gasteiger charge is -2.50. The summed E-state index contributed by atoms with van der Waals surface area (Å²) < 4.78 is 6.77. The molecule has 2 fully saturated rings. The fraction of sp³-hybridized carbons (Fsp3) is 0.739. The van der Waals surface area contributed by atoms with Gasteiger partial charge >= 0.3 is 0 Å². The number of ether oxygens (including phenoxy) is 1. The number of fused-ring (bicyclic) bond motifs is 5. The van der Waals surface area contributed by atoms with Crippen molar-refractivity contribution in [1.29, 1.82) is 0 Å². The van der Waals surface area contributed by atoms with Gasteiger partial charge in [0.1, 0.15) is 0 Å². The van der Waals surface area contributed by atoms with Crippen LogP contribution in [0.25, 0.3) is 0 Å². The number of hydrogen-bond acceptors (Lipinski definition) is 2. The van der Waals surface area contributed by atoms with Crippen LogP contribution in [0.4, 0.5) is 0 Å². The van der Waals surface area contributed by atoms with Gasteiger partial charge < -0.3 is 9.84 Å². The number of aliphatic hydroxyl groups excluding tert-OH is 1. The molecule has 0 aliphatic heterocycles. The minimum atomic E-state index is -0.143. The largest absolute Gasteiger partial charge is 0.392 e. The average molecular weight is 468 g/mol. The zero-order valence-corrected chi connectivity index (χ0v) is 18.4. The molecule has 3 aliphatic carbocycles. The molecular formula is C23H33IO2. The van der Waals surface area contributed by atoms with E-state index in [1.165, 1.54) is 37.7 Å². The van der Waals surface area contributed by atoms with Crippen molar-refractivity contribution in [2.24, 2.45) is 23.2 Å². The van der Waals surface area contributed by atoms with Gasteiger partial charge in [0.05, 0.1) is 12.7 Å². The summed E-state index contributed by atoms with van der Waals surface area (Å²) >= 11 is 2.36. The Labute approximate surface area is 172 Å². The first kappa shape index (κ1) is 19.2. The standard InChI is InChI=1S/C23H33IO2/c1-15-3-5-18-16(13-15)4-6-20-19(18)7-9-23(2)21(20)14-17(22(23)25)8-11-26-12-10-24/h3,5,13,17,19-22,25H,4,6-12,14H2,1-2H3/t17?,19?,20?,21?,22-,23-/m0/s1. The SMILES string of the molecule is Cc1ccc2c(c1)CCC1C2CC[C@@]2(C)C1CC(CCOCCI)[C@@H]2O. The Kier molecular flexibility index (Phi) is 5.69. The molecule has 1 aromatic carbocycles. The summed E-state index contributed by atoms with van der Waals surface area (Å²) in [6.45, 7) is 6.24. The van der Waals surface area contributed by atoms with Crippen LogP contribution in [-0.2, 0) is 11.2 Å². The molecule has 0 spiro atoms. The fourth-order valence-corrected chi connectivity index (χ4v) is 6.84. The highest BCUT2D eigenvalue weighted by molar-refractivity contribution is 14.1. The van der Waals surface area contributed by atoms with Gasteiger partial charge in [-0.3, -0.25) is 0 Å². The van der Waals surface area contributed by atoms with Crippen molar-refractivity contribution in [2.75, 3.05) is 17.6 Å². The van der Waals surface area contributed by atoms with Crippen LogP contribution in [0.5, 0.6) is 0 Å².